The third-order valence-corrected chi connectivity index (χ3v) is 4.84. The van der Waals surface area contributed by atoms with E-state index < -0.39 is 0 Å². The summed E-state index contributed by atoms with van der Waals surface area (Å²) in [5.74, 6) is 0.812. The highest BCUT2D eigenvalue weighted by Gasteiger charge is 2.12. The molecule has 0 saturated heterocycles. The number of hydrogen-bond donors (Lipinski definition) is 1. The topological polar surface area (TPSA) is 42.2 Å². The Kier molecular flexibility index (Phi) is 4.24. The fraction of sp³-hybridized carbons (Fsp3) is 0.100. The van der Waals surface area contributed by atoms with Gasteiger partial charge in [0, 0.05) is 12.4 Å². The van der Waals surface area contributed by atoms with E-state index in [4.69, 9.17) is 0 Å². The highest BCUT2D eigenvalue weighted by Crippen LogP contribution is 2.27. The summed E-state index contributed by atoms with van der Waals surface area (Å²) in [4.78, 5) is 4.47. The maximum Gasteiger partial charge on any atom is 0.153 e. The number of rotatable bonds is 4. The van der Waals surface area contributed by atoms with Crippen LogP contribution in [0.1, 0.15) is 18.5 Å². The maximum absolute atomic E-state index is 4.47. The lowest BCUT2D eigenvalue weighted by atomic mass is 10.0. The van der Waals surface area contributed by atoms with Crippen LogP contribution in [0.2, 0.25) is 0 Å². The summed E-state index contributed by atoms with van der Waals surface area (Å²) in [7, 11) is 0. The molecule has 0 radical (unpaired) electrons. The Balaban J connectivity index is 1.58. The Hall–Kier alpha value is -2.66. The Morgan fingerprint density at radius 2 is 1.72 bits per heavy atom. The van der Waals surface area contributed by atoms with Crippen LogP contribution in [0.15, 0.2) is 77.7 Å². The summed E-state index contributed by atoms with van der Waals surface area (Å²) in [6.45, 7) is 2.13. The van der Waals surface area contributed by atoms with Crippen molar-refractivity contribution >= 4 is 27.3 Å². The second kappa shape index (κ2) is 6.69. The van der Waals surface area contributed by atoms with Crippen LogP contribution in [-0.4, -0.2) is 14.6 Å². The molecule has 5 heteroatoms. The molecule has 0 aliphatic heterocycles. The monoisotopic (exact) mass is 392 g/mol. The van der Waals surface area contributed by atoms with Crippen LogP contribution in [0.5, 0.6) is 0 Å². The molecule has 2 aromatic heterocycles. The van der Waals surface area contributed by atoms with Crippen molar-refractivity contribution in [3.63, 3.8) is 0 Å². The molecule has 4 aromatic rings. The average Bonchev–Trinajstić information content (AvgIpc) is 3.05. The Morgan fingerprint density at radius 3 is 2.48 bits per heavy atom. The smallest absolute Gasteiger partial charge is 0.153 e. The third-order valence-electron chi connectivity index (χ3n) is 4.26. The number of halogens is 1. The zero-order valence-corrected chi connectivity index (χ0v) is 15.3. The number of nitrogens with one attached hydrogen (secondary N) is 1. The number of fused-ring (bicyclic) bond motifs is 1. The van der Waals surface area contributed by atoms with Gasteiger partial charge < -0.3 is 5.32 Å². The molecule has 0 bridgehead atoms. The molecule has 4 rings (SSSR count). The van der Waals surface area contributed by atoms with Crippen LogP contribution in [0.4, 0.5) is 5.82 Å². The van der Waals surface area contributed by atoms with Gasteiger partial charge in [0.2, 0.25) is 0 Å². The predicted molar refractivity (Wildman–Crippen MR) is 105 cm³/mol. The zero-order valence-electron chi connectivity index (χ0n) is 13.7. The van der Waals surface area contributed by atoms with Crippen LogP contribution in [0.3, 0.4) is 0 Å². The summed E-state index contributed by atoms with van der Waals surface area (Å²) in [6, 6.07) is 19.2. The summed E-state index contributed by atoms with van der Waals surface area (Å²) in [5.41, 5.74) is 4.59. The first kappa shape index (κ1) is 15.8. The number of hydrogen-bond acceptors (Lipinski definition) is 3. The molecule has 0 saturated carbocycles. The Morgan fingerprint density at radius 1 is 1.00 bits per heavy atom. The molecule has 0 aliphatic carbocycles. The molecule has 124 valence electrons. The van der Waals surface area contributed by atoms with Crippen LogP contribution in [0, 0.1) is 0 Å². The molecule has 0 aliphatic rings. The van der Waals surface area contributed by atoms with E-state index in [1.807, 2.05) is 16.8 Å². The predicted octanol–water partition coefficient (Wildman–Crippen LogP) is 5.33. The molecule has 0 amide bonds. The van der Waals surface area contributed by atoms with E-state index >= 15 is 0 Å². The fourth-order valence-corrected chi connectivity index (χ4v) is 3.36. The normalized spacial score (nSPS) is 12.2. The van der Waals surface area contributed by atoms with Crippen molar-refractivity contribution in [3.8, 4) is 11.1 Å². The van der Waals surface area contributed by atoms with Gasteiger partial charge in [0.25, 0.3) is 0 Å². The zero-order chi connectivity index (χ0) is 17.2. The van der Waals surface area contributed by atoms with Gasteiger partial charge in [-0.25, -0.2) is 9.50 Å². The van der Waals surface area contributed by atoms with Gasteiger partial charge in [0.15, 0.2) is 5.82 Å². The molecular formula is C20H17BrN4. The van der Waals surface area contributed by atoms with Crippen molar-refractivity contribution in [3.05, 3.63) is 83.2 Å². The van der Waals surface area contributed by atoms with Gasteiger partial charge >= 0.3 is 0 Å². The minimum Gasteiger partial charge on any atom is -0.362 e. The SMILES string of the molecule is CC(Nc1nccn2ncc(Br)c12)c1ccc(-c2ccccc2)cc1. The van der Waals surface area contributed by atoms with Crippen LogP contribution < -0.4 is 5.32 Å². The fourth-order valence-electron chi connectivity index (χ4n) is 2.90. The highest BCUT2D eigenvalue weighted by molar-refractivity contribution is 9.10. The first-order valence-electron chi connectivity index (χ1n) is 8.12. The van der Waals surface area contributed by atoms with Gasteiger partial charge in [-0.1, -0.05) is 54.6 Å². The van der Waals surface area contributed by atoms with E-state index in [1.54, 1.807) is 12.4 Å². The molecule has 1 N–H and O–H groups in total. The lowest BCUT2D eigenvalue weighted by Gasteiger charge is -2.16. The quantitative estimate of drug-likeness (QED) is 0.510. The summed E-state index contributed by atoms with van der Waals surface area (Å²) < 4.78 is 2.74. The molecule has 1 unspecified atom stereocenters. The third kappa shape index (κ3) is 3.15. The van der Waals surface area contributed by atoms with Crippen LogP contribution >= 0.6 is 15.9 Å². The largest absolute Gasteiger partial charge is 0.362 e. The molecule has 2 heterocycles. The second-order valence-corrected chi connectivity index (χ2v) is 6.77. The minimum atomic E-state index is 0.130. The first-order chi connectivity index (χ1) is 12.2. The summed E-state index contributed by atoms with van der Waals surface area (Å²) >= 11 is 3.54. The van der Waals surface area contributed by atoms with Gasteiger partial charge in [-0.05, 0) is 39.5 Å². The van der Waals surface area contributed by atoms with Crippen molar-refractivity contribution in [2.75, 3.05) is 5.32 Å². The van der Waals surface area contributed by atoms with E-state index in [2.05, 4.69) is 86.8 Å². The number of aromatic nitrogens is 3. The van der Waals surface area contributed by atoms with Gasteiger partial charge in [-0.3, -0.25) is 0 Å². The lowest BCUT2D eigenvalue weighted by Crippen LogP contribution is -2.09. The Labute approximate surface area is 154 Å². The molecule has 4 nitrogen and oxygen atoms in total. The van der Waals surface area contributed by atoms with Crippen molar-refractivity contribution in [2.45, 2.75) is 13.0 Å². The van der Waals surface area contributed by atoms with Gasteiger partial charge in [-0.2, -0.15) is 5.10 Å². The van der Waals surface area contributed by atoms with Crippen molar-refractivity contribution in [1.82, 2.24) is 14.6 Å². The molecule has 2 aromatic carbocycles. The number of anilines is 1. The second-order valence-electron chi connectivity index (χ2n) is 5.92. The summed E-state index contributed by atoms with van der Waals surface area (Å²) in [6.07, 6.45) is 5.37. The number of benzene rings is 2. The van der Waals surface area contributed by atoms with Crippen molar-refractivity contribution < 1.29 is 0 Å². The minimum absolute atomic E-state index is 0.130. The van der Waals surface area contributed by atoms with E-state index in [1.165, 1.54) is 16.7 Å². The van der Waals surface area contributed by atoms with Gasteiger partial charge in [0.1, 0.15) is 5.52 Å². The standard InChI is InChI=1S/C20H17BrN4/c1-14(24-20-19-18(21)13-23-25(19)12-11-22-20)15-7-9-17(10-8-15)16-5-3-2-4-6-16/h2-14H,1H3,(H,22,24). The van der Waals surface area contributed by atoms with E-state index in [0.717, 1.165) is 15.8 Å². The van der Waals surface area contributed by atoms with Gasteiger partial charge in [0.05, 0.1) is 16.7 Å². The van der Waals surface area contributed by atoms with Gasteiger partial charge in [-0.15, -0.1) is 0 Å². The van der Waals surface area contributed by atoms with Crippen LogP contribution in [0.25, 0.3) is 16.6 Å². The molecule has 0 fully saturated rings. The lowest BCUT2D eigenvalue weighted by molar-refractivity contribution is 0.867. The Bertz CT molecular complexity index is 993. The van der Waals surface area contributed by atoms with Crippen LogP contribution in [-0.2, 0) is 0 Å². The molecular weight excluding hydrogens is 376 g/mol. The van der Waals surface area contributed by atoms with E-state index in [0.29, 0.717) is 0 Å². The van der Waals surface area contributed by atoms with Crippen molar-refractivity contribution in [1.29, 1.82) is 0 Å². The average molecular weight is 393 g/mol. The highest BCUT2D eigenvalue weighted by atomic mass is 79.9. The van der Waals surface area contributed by atoms with Crippen molar-refractivity contribution in [2.24, 2.45) is 0 Å². The molecule has 25 heavy (non-hydrogen) atoms. The van der Waals surface area contributed by atoms with E-state index in [9.17, 15) is 0 Å². The molecule has 0 spiro atoms. The summed E-state index contributed by atoms with van der Waals surface area (Å²) in [5, 5.41) is 7.78. The number of nitrogens with zero attached hydrogens (tertiary/aromatic N) is 3. The first-order valence-corrected chi connectivity index (χ1v) is 8.91. The maximum atomic E-state index is 4.47. The van der Waals surface area contributed by atoms with E-state index in [-0.39, 0.29) is 6.04 Å². The molecule has 1 atom stereocenters.